The van der Waals surface area contributed by atoms with Gasteiger partial charge < -0.3 is 33.8 Å². The number of alkyl halides is 6. The molecule has 0 radical (unpaired) electrons. The van der Waals surface area contributed by atoms with Crippen LogP contribution in [0.25, 0.3) is 21.9 Å². The van der Waals surface area contributed by atoms with Gasteiger partial charge in [-0.1, -0.05) is 19.6 Å². The number of carboxylic acid groups (broad SMARTS) is 1. The maximum absolute atomic E-state index is 13.2. The molecule has 1 aliphatic heterocycles. The Bertz CT molecular complexity index is 2620. The summed E-state index contributed by atoms with van der Waals surface area (Å²) in [6.45, 7) is 6.34. The molecule has 4 aromatic carbocycles. The third kappa shape index (κ3) is 14.2. The summed E-state index contributed by atoms with van der Waals surface area (Å²) >= 11 is 0. The maximum atomic E-state index is 13.2. The monoisotopic (exact) mass is 898 g/mol. The number of halogens is 6. The van der Waals surface area contributed by atoms with Crippen LogP contribution in [0.1, 0.15) is 66.0 Å². The zero-order valence-electron chi connectivity index (χ0n) is 33.5. The summed E-state index contributed by atoms with van der Waals surface area (Å²) in [5.74, 6) is -1.44. The third-order valence-electron chi connectivity index (χ3n) is 8.91. The van der Waals surface area contributed by atoms with E-state index >= 15 is 0 Å². The van der Waals surface area contributed by atoms with Crippen molar-refractivity contribution in [3.05, 3.63) is 140 Å². The Balaban J connectivity index is 0.000000263. The van der Waals surface area contributed by atoms with E-state index < -0.39 is 53.7 Å². The number of fused-ring (bicyclic) bond motifs is 2. The number of ether oxygens (including phenoxy) is 1. The molecule has 0 saturated carbocycles. The van der Waals surface area contributed by atoms with Crippen LogP contribution in [0, 0.1) is 0 Å². The van der Waals surface area contributed by atoms with Gasteiger partial charge in [0.25, 0.3) is 5.91 Å². The molecule has 1 amide bonds. The summed E-state index contributed by atoms with van der Waals surface area (Å²) in [7, 11) is -1.00. The van der Waals surface area contributed by atoms with Gasteiger partial charge in [0.05, 0.1) is 11.1 Å². The molecule has 1 aliphatic rings. The molecule has 2 aromatic heterocycles. The number of carbonyl (C=O) groups excluding carboxylic acids is 1. The first-order chi connectivity index (χ1) is 29.8. The fraction of sp³-hybridized carbons (Fsp3) is 0.256. The first-order valence-corrected chi connectivity index (χ1v) is 19.0. The fourth-order valence-electron chi connectivity index (χ4n) is 5.88. The molecule has 338 valence electrons. The first-order valence-electron chi connectivity index (χ1n) is 19.0. The van der Waals surface area contributed by atoms with Crippen molar-refractivity contribution in [2.24, 2.45) is 0 Å². The average molecular weight is 898 g/mol. The Morgan fingerprint density at radius 1 is 0.734 bits per heavy atom. The Hall–Kier alpha value is -6.57. The van der Waals surface area contributed by atoms with Crippen molar-refractivity contribution in [3.63, 3.8) is 0 Å². The number of nitrogens with one attached hydrogen (secondary N) is 1. The predicted molar refractivity (Wildman–Crippen MR) is 229 cm³/mol. The van der Waals surface area contributed by atoms with Crippen LogP contribution in [-0.4, -0.2) is 67.6 Å². The molecule has 4 N–H and O–H groups in total. The Labute approximate surface area is 362 Å². The molecule has 7 rings (SSSR count). The van der Waals surface area contributed by atoms with Gasteiger partial charge in [-0.25, -0.2) is 9.59 Å². The number of benzene rings is 4. The molecule has 0 unspecified atom stereocenters. The van der Waals surface area contributed by atoms with Crippen molar-refractivity contribution in [3.8, 4) is 0 Å². The van der Waals surface area contributed by atoms with Crippen molar-refractivity contribution in [1.82, 2.24) is 0 Å². The van der Waals surface area contributed by atoms with Crippen molar-refractivity contribution < 1.29 is 69.4 Å². The number of hydrogen-bond acceptors (Lipinski definition) is 11. The van der Waals surface area contributed by atoms with Crippen molar-refractivity contribution >= 4 is 70.4 Å². The summed E-state index contributed by atoms with van der Waals surface area (Å²) in [4.78, 5) is 47.1. The molecule has 0 atom stereocenters. The number of nitrogens with zero attached hydrogens (tertiary/aromatic N) is 1. The number of anilines is 2. The molecular formula is C43H42B2F6N2O11. The molecule has 64 heavy (non-hydrogen) atoms. The van der Waals surface area contributed by atoms with Gasteiger partial charge in [-0.15, -0.1) is 0 Å². The molecule has 21 heteroatoms. The van der Waals surface area contributed by atoms with E-state index in [1.165, 1.54) is 96.6 Å². The number of rotatable bonds is 8. The summed E-state index contributed by atoms with van der Waals surface area (Å²) in [5.41, 5.74) is -2.63. The van der Waals surface area contributed by atoms with Gasteiger partial charge in [0.1, 0.15) is 11.2 Å². The van der Waals surface area contributed by atoms with Gasteiger partial charge in [-0.2, -0.15) is 26.3 Å². The van der Waals surface area contributed by atoms with Crippen molar-refractivity contribution in [2.75, 3.05) is 36.5 Å². The zero-order chi connectivity index (χ0) is 46.5. The van der Waals surface area contributed by atoms with Crippen LogP contribution in [0.3, 0.4) is 0 Å². The minimum atomic E-state index is -4.73. The van der Waals surface area contributed by atoms with Crippen LogP contribution in [0.15, 0.2) is 115 Å². The van der Waals surface area contributed by atoms with Gasteiger partial charge in [0.2, 0.25) is 0 Å². The van der Waals surface area contributed by atoms with Gasteiger partial charge >= 0.3 is 93.7 Å². The van der Waals surface area contributed by atoms with E-state index in [2.05, 4.69) is 5.32 Å². The van der Waals surface area contributed by atoms with Crippen molar-refractivity contribution in [1.29, 1.82) is 0 Å². The molecule has 1 fully saturated rings. The van der Waals surface area contributed by atoms with Crippen LogP contribution >= 0.6 is 0 Å². The summed E-state index contributed by atoms with van der Waals surface area (Å²) in [6.07, 6.45) is -6.75. The van der Waals surface area contributed by atoms with E-state index in [1.54, 1.807) is 6.92 Å². The first kappa shape index (κ1) is 51.8. The second kappa shape index (κ2) is 23.2. The minimum absolute atomic E-state index is 0. The number of amides is 1. The third-order valence-corrected chi connectivity index (χ3v) is 8.91. The SMILES string of the molecule is C.C1CCOC1.CCN(C(=O)c1ccc(B(O)O)cc1)c1ccc2c(C(F)(F)F)cc(=O)oc2c1.CCNc1ccc2c(C(F)(F)F)cc(=O)oc2c1.O=Bc1ccc(C(=O)O)cc1. The van der Waals surface area contributed by atoms with E-state index in [0.717, 1.165) is 19.3 Å². The van der Waals surface area contributed by atoms with Crippen LogP contribution < -0.4 is 32.4 Å². The molecular weight excluding hydrogens is 856 g/mol. The molecule has 13 nitrogen and oxygen atoms in total. The number of aromatic carboxylic acids is 1. The molecule has 6 aromatic rings. The molecule has 0 spiro atoms. The fourth-order valence-corrected chi connectivity index (χ4v) is 5.88. The summed E-state index contributed by atoms with van der Waals surface area (Å²) in [6, 6.07) is 20.0. The van der Waals surface area contributed by atoms with E-state index in [-0.39, 0.29) is 58.2 Å². The zero-order valence-corrected chi connectivity index (χ0v) is 33.5. The number of carboxylic acids is 1. The standard InChI is InChI=1S/C19H15BF3NO5.C12H10F3NO2.C7H5BO3.C4H8O.CH4/c1-2-24(18(26)11-3-5-12(6-4-11)20(27)28)13-7-8-14-15(19(21,22)23)10-17(25)29-16(14)9-13;1-2-16-7-3-4-8-9(12(13,14)15)6-11(17)18-10(8)5-7;9-7(10)5-1-3-6(8-11)4-2-5;1-2-4-5-3-1;/h3-10,27-28H,2H2,1H3;3-6,16H,2H2,1H3;1-4H,(H,9,10);1-4H2;1H4. The van der Waals surface area contributed by atoms with E-state index in [9.17, 15) is 50.2 Å². The Morgan fingerprint density at radius 3 is 1.66 bits per heavy atom. The quantitative estimate of drug-likeness (QED) is 0.0703. The van der Waals surface area contributed by atoms with Gasteiger partial charge in [0, 0.05) is 78.3 Å². The molecule has 0 bridgehead atoms. The van der Waals surface area contributed by atoms with Crippen LogP contribution in [0.2, 0.25) is 0 Å². The number of carbonyl (C=O) groups is 2. The summed E-state index contributed by atoms with van der Waals surface area (Å²) < 4.78 is 103. The Morgan fingerprint density at radius 2 is 1.23 bits per heavy atom. The van der Waals surface area contributed by atoms with Crippen LogP contribution in [0.4, 0.5) is 37.7 Å². The van der Waals surface area contributed by atoms with Gasteiger partial charge in [-0.3, -0.25) is 4.79 Å². The molecule has 1 saturated heterocycles. The second-order valence-corrected chi connectivity index (χ2v) is 13.3. The molecule has 3 heterocycles. The van der Waals surface area contributed by atoms with E-state index in [0.29, 0.717) is 37.0 Å². The van der Waals surface area contributed by atoms with E-state index in [1.807, 2.05) is 6.92 Å². The second-order valence-electron chi connectivity index (χ2n) is 13.3. The van der Waals surface area contributed by atoms with Gasteiger partial charge in [-0.05, 0) is 68.6 Å². The number of hydrogen-bond donors (Lipinski definition) is 4. The summed E-state index contributed by atoms with van der Waals surface area (Å²) in [5, 5.41) is 29.3. The predicted octanol–water partition coefficient (Wildman–Crippen LogP) is 6.89. The van der Waals surface area contributed by atoms with Crippen molar-refractivity contribution in [2.45, 2.75) is 46.5 Å². The Kier molecular flexibility index (Phi) is 18.8. The average Bonchev–Trinajstić information content (AvgIpc) is 3.84. The van der Waals surface area contributed by atoms with Crippen LogP contribution in [-0.2, 0) is 21.8 Å². The van der Waals surface area contributed by atoms with E-state index in [4.69, 9.17) is 28.7 Å². The van der Waals surface area contributed by atoms with Crippen LogP contribution in [0.5, 0.6) is 0 Å². The van der Waals surface area contributed by atoms with Gasteiger partial charge in [0.15, 0.2) is 0 Å². The molecule has 0 aliphatic carbocycles. The topological polar surface area (TPSA) is 197 Å². The normalized spacial score (nSPS) is 11.9.